The van der Waals surface area contributed by atoms with E-state index in [1.54, 1.807) is 0 Å². The maximum absolute atomic E-state index is 11.1. The Kier molecular flexibility index (Phi) is 1.71. The summed E-state index contributed by atoms with van der Waals surface area (Å²) in [6.45, 7) is 0. The number of phenols is 1. The third-order valence-electron chi connectivity index (χ3n) is 2.30. The first-order valence-corrected chi connectivity index (χ1v) is 5.86. The fraction of sp³-hybridized carbons (Fsp3) is 0. The molecule has 0 aliphatic carbocycles. The van der Waals surface area contributed by atoms with Crippen molar-refractivity contribution in [3.63, 3.8) is 0 Å². The highest BCUT2D eigenvalue weighted by Crippen LogP contribution is 2.39. The molecule has 0 saturated carbocycles. The number of nitrogens with zero attached hydrogens (tertiary/aromatic N) is 1. The van der Waals surface area contributed by atoms with Gasteiger partial charge in [0.15, 0.2) is 0 Å². The molecule has 8 heteroatoms. The van der Waals surface area contributed by atoms with E-state index in [9.17, 15) is 13.5 Å². The van der Waals surface area contributed by atoms with Crippen LogP contribution in [-0.4, -0.2) is 18.5 Å². The molecule has 0 amide bonds. The van der Waals surface area contributed by atoms with E-state index in [1.807, 2.05) is 0 Å². The highest BCUT2D eigenvalue weighted by atomic mass is 32.3. The van der Waals surface area contributed by atoms with Crippen LogP contribution in [0, 0.1) is 0 Å². The van der Waals surface area contributed by atoms with E-state index in [4.69, 9.17) is 5.73 Å². The van der Waals surface area contributed by atoms with E-state index in [0.29, 0.717) is 11.1 Å². The minimum atomic E-state index is -4.09. The molecule has 1 aromatic heterocycles. The van der Waals surface area contributed by atoms with Gasteiger partial charge in [-0.05, 0) is 18.2 Å². The highest BCUT2D eigenvalue weighted by Gasteiger charge is 2.31. The summed E-state index contributed by atoms with van der Waals surface area (Å²) in [6.07, 6.45) is 0. The van der Waals surface area contributed by atoms with E-state index in [0.717, 1.165) is 0 Å². The maximum atomic E-state index is 11.1. The normalized spacial score (nSPS) is 16.2. The predicted molar refractivity (Wildman–Crippen MR) is 58.0 cm³/mol. The molecule has 88 valence electrons. The molecule has 0 bridgehead atoms. The zero-order valence-electron chi connectivity index (χ0n) is 8.25. The summed E-state index contributed by atoms with van der Waals surface area (Å²) < 4.78 is 31.1. The molecule has 0 radical (unpaired) electrons. The third-order valence-corrected chi connectivity index (χ3v) is 3.05. The third kappa shape index (κ3) is 1.41. The number of nitrogen functional groups attached to an aromatic ring is 1. The number of aromatic nitrogens is 1. The average molecular weight is 254 g/mol. The van der Waals surface area contributed by atoms with Gasteiger partial charge in [-0.15, -0.1) is 8.42 Å². The number of fused-ring (bicyclic) bond motifs is 2. The molecule has 7 nitrogen and oxygen atoms in total. The van der Waals surface area contributed by atoms with Crippen LogP contribution in [0.25, 0.3) is 10.9 Å². The molecule has 0 unspecified atom stereocenters. The van der Waals surface area contributed by atoms with Crippen molar-refractivity contribution in [1.82, 2.24) is 4.98 Å². The fourth-order valence-electron chi connectivity index (χ4n) is 1.57. The highest BCUT2D eigenvalue weighted by molar-refractivity contribution is 7.82. The van der Waals surface area contributed by atoms with Gasteiger partial charge in [0.05, 0.1) is 0 Å². The van der Waals surface area contributed by atoms with Gasteiger partial charge in [-0.1, -0.05) is 0 Å². The lowest BCUT2D eigenvalue weighted by molar-refractivity contribution is 0.433. The van der Waals surface area contributed by atoms with Gasteiger partial charge in [0.1, 0.15) is 11.3 Å². The van der Waals surface area contributed by atoms with Crippen molar-refractivity contribution in [1.29, 1.82) is 0 Å². The van der Waals surface area contributed by atoms with Crippen molar-refractivity contribution in [2.75, 3.05) is 5.73 Å². The van der Waals surface area contributed by atoms with Crippen molar-refractivity contribution < 1.29 is 21.9 Å². The second kappa shape index (κ2) is 2.92. The van der Waals surface area contributed by atoms with Gasteiger partial charge in [0, 0.05) is 11.1 Å². The first-order valence-electron chi connectivity index (χ1n) is 4.52. The molecule has 1 aliphatic rings. The van der Waals surface area contributed by atoms with Gasteiger partial charge in [0.2, 0.25) is 5.75 Å². The number of hydrogen-bond donors (Lipinski definition) is 2. The van der Waals surface area contributed by atoms with Crippen LogP contribution >= 0.6 is 0 Å². The van der Waals surface area contributed by atoms with Crippen LogP contribution in [0.2, 0.25) is 0 Å². The molecule has 0 spiro atoms. The molecule has 3 rings (SSSR count). The van der Waals surface area contributed by atoms with Crippen LogP contribution in [0.5, 0.6) is 17.4 Å². The van der Waals surface area contributed by atoms with E-state index in [2.05, 4.69) is 13.4 Å². The van der Waals surface area contributed by atoms with Gasteiger partial charge < -0.3 is 19.2 Å². The van der Waals surface area contributed by atoms with Crippen LogP contribution in [0.3, 0.4) is 0 Å². The van der Waals surface area contributed by atoms with Gasteiger partial charge >= 0.3 is 10.4 Å². The number of anilines is 1. The van der Waals surface area contributed by atoms with Crippen molar-refractivity contribution in [3.8, 4) is 17.4 Å². The van der Waals surface area contributed by atoms with E-state index in [-0.39, 0.29) is 22.9 Å². The number of phenolic OH excluding ortho intramolecular Hbond substituents is 1. The van der Waals surface area contributed by atoms with Crippen molar-refractivity contribution in [2.45, 2.75) is 0 Å². The Hall–Kier alpha value is -2.22. The van der Waals surface area contributed by atoms with Gasteiger partial charge in [0.25, 0.3) is 5.88 Å². The van der Waals surface area contributed by atoms with Crippen LogP contribution < -0.4 is 14.1 Å². The van der Waals surface area contributed by atoms with Crippen LogP contribution in [0.1, 0.15) is 0 Å². The van der Waals surface area contributed by atoms with Gasteiger partial charge in [-0.3, -0.25) is 0 Å². The number of benzene rings is 1. The summed E-state index contributed by atoms with van der Waals surface area (Å²) in [5.74, 6) is -0.377. The summed E-state index contributed by atoms with van der Waals surface area (Å²) in [4.78, 5) is 3.86. The van der Waals surface area contributed by atoms with E-state index < -0.39 is 10.4 Å². The molecule has 0 saturated heterocycles. The minimum absolute atomic E-state index is 0.0465. The van der Waals surface area contributed by atoms with Gasteiger partial charge in [-0.25, -0.2) is 4.98 Å². The summed E-state index contributed by atoms with van der Waals surface area (Å²) in [7, 11) is -4.09. The Labute approximate surface area is 95.7 Å². The number of pyridine rings is 1. The second-order valence-corrected chi connectivity index (χ2v) is 4.59. The molecular weight excluding hydrogens is 248 g/mol. The molecule has 1 aliphatic heterocycles. The average Bonchev–Trinajstić information content (AvgIpc) is 2.54. The Bertz CT molecular complexity index is 684. The van der Waals surface area contributed by atoms with Gasteiger partial charge in [-0.2, -0.15) is 0 Å². The molecule has 0 fully saturated rings. The summed E-state index contributed by atoms with van der Waals surface area (Å²) in [5.41, 5.74) is 6.19. The maximum Gasteiger partial charge on any atom is 0.502 e. The quantitative estimate of drug-likeness (QED) is 0.521. The smallest absolute Gasteiger partial charge is 0.502 e. The fourth-order valence-corrected chi connectivity index (χ4v) is 2.26. The van der Waals surface area contributed by atoms with Crippen LogP contribution in [0.4, 0.5) is 5.69 Å². The standard InChI is InChI=1S/C9H6N2O5S/c10-5-1-2-6(12)8-4(5)3-7-9(11-8)16-17(13,14)15-7/h1-3,12H,10H2. The lowest BCUT2D eigenvalue weighted by Gasteiger charge is -2.03. The SMILES string of the molecule is Nc1ccc(O)c2nc3c(cc12)OS(=O)(=O)O3. The first-order chi connectivity index (χ1) is 7.96. The number of nitrogens with two attached hydrogens (primary N) is 1. The lowest BCUT2D eigenvalue weighted by Crippen LogP contribution is -2.08. The number of hydrogen-bond acceptors (Lipinski definition) is 7. The summed E-state index contributed by atoms with van der Waals surface area (Å²) in [6, 6.07) is 4.20. The zero-order valence-corrected chi connectivity index (χ0v) is 9.06. The van der Waals surface area contributed by atoms with E-state index in [1.165, 1.54) is 18.2 Å². The van der Waals surface area contributed by atoms with Crippen molar-refractivity contribution in [3.05, 3.63) is 18.2 Å². The zero-order chi connectivity index (χ0) is 12.2. The molecule has 0 atom stereocenters. The molecule has 2 aromatic rings. The Balaban J connectivity index is 2.38. The second-order valence-electron chi connectivity index (χ2n) is 3.44. The summed E-state index contributed by atoms with van der Waals surface area (Å²) >= 11 is 0. The molecule has 17 heavy (non-hydrogen) atoms. The molecule has 1 aromatic carbocycles. The number of rotatable bonds is 0. The topological polar surface area (TPSA) is 112 Å². The Morgan fingerprint density at radius 2 is 2.06 bits per heavy atom. The molecular formula is C9H6N2O5S. The summed E-state index contributed by atoms with van der Waals surface area (Å²) in [5, 5.41) is 9.99. The Morgan fingerprint density at radius 1 is 1.29 bits per heavy atom. The van der Waals surface area contributed by atoms with Crippen molar-refractivity contribution in [2.24, 2.45) is 0 Å². The van der Waals surface area contributed by atoms with Crippen LogP contribution in [0.15, 0.2) is 18.2 Å². The predicted octanol–water partition coefficient (Wildman–Crippen LogP) is 0.539. The largest absolute Gasteiger partial charge is 0.506 e. The molecule has 2 heterocycles. The van der Waals surface area contributed by atoms with Crippen molar-refractivity contribution >= 4 is 27.0 Å². The molecule has 3 N–H and O–H groups in total. The minimum Gasteiger partial charge on any atom is -0.506 e. The lowest BCUT2D eigenvalue weighted by atomic mass is 10.1. The Morgan fingerprint density at radius 3 is 2.82 bits per heavy atom. The van der Waals surface area contributed by atoms with Crippen LogP contribution in [-0.2, 0) is 10.4 Å². The monoisotopic (exact) mass is 254 g/mol. The van der Waals surface area contributed by atoms with E-state index >= 15 is 0 Å². The first kappa shape index (κ1) is 9.97. The number of aromatic hydroxyl groups is 1.